The number of nitrogens with one attached hydrogen (secondary N) is 1. The van der Waals surface area contributed by atoms with E-state index in [1.165, 1.54) is 4.90 Å². The van der Waals surface area contributed by atoms with Gasteiger partial charge in [0.05, 0.1) is 17.4 Å². The standard InChI is InChI=1S/C15H27N3O5/c1-13(2,3)23-12(22)18-8-15(9-18,6-10(19)20)17-7-14(4,5)11(16)21/h17H,6-9H2,1-5H3,(H2,16,21)(H,19,20). The van der Waals surface area contributed by atoms with Gasteiger partial charge >= 0.3 is 12.1 Å². The Kier molecular flexibility index (Phi) is 5.30. The van der Waals surface area contributed by atoms with Crippen LogP contribution in [0.1, 0.15) is 41.0 Å². The first-order chi connectivity index (χ1) is 10.3. The van der Waals surface area contributed by atoms with E-state index in [4.69, 9.17) is 15.6 Å². The summed E-state index contributed by atoms with van der Waals surface area (Å²) in [4.78, 5) is 35.9. The minimum Gasteiger partial charge on any atom is -0.481 e. The summed E-state index contributed by atoms with van der Waals surface area (Å²) in [6.45, 7) is 9.32. The third-order valence-corrected chi connectivity index (χ3v) is 3.70. The summed E-state index contributed by atoms with van der Waals surface area (Å²) < 4.78 is 5.26. The molecule has 1 aliphatic heterocycles. The van der Waals surface area contributed by atoms with Gasteiger partial charge in [0, 0.05) is 19.6 Å². The summed E-state index contributed by atoms with van der Waals surface area (Å²) in [5.74, 6) is -1.45. The Morgan fingerprint density at radius 1 is 1.22 bits per heavy atom. The zero-order valence-electron chi connectivity index (χ0n) is 14.4. The third-order valence-electron chi connectivity index (χ3n) is 3.70. The van der Waals surface area contributed by atoms with Crippen LogP contribution in [0.4, 0.5) is 4.79 Å². The molecule has 0 bridgehead atoms. The van der Waals surface area contributed by atoms with Crippen molar-refractivity contribution in [2.75, 3.05) is 19.6 Å². The number of ether oxygens (including phenoxy) is 1. The molecule has 0 spiro atoms. The number of hydrogen-bond acceptors (Lipinski definition) is 5. The fourth-order valence-electron chi connectivity index (χ4n) is 2.21. The Labute approximate surface area is 136 Å². The number of carboxylic acid groups (broad SMARTS) is 1. The van der Waals surface area contributed by atoms with Gasteiger partial charge in [-0.3, -0.25) is 9.59 Å². The molecule has 1 saturated heterocycles. The zero-order chi connectivity index (χ0) is 18.1. The van der Waals surface area contributed by atoms with Crippen molar-refractivity contribution in [2.45, 2.75) is 52.2 Å². The Balaban J connectivity index is 2.69. The van der Waals surface area contributed by atoms with E-state index in [0.717, 1.165) is 0 Å². The fraction of sp³-hybridized carbons (Fsp3) is 0.800. The highest BCUT2D eigenvalue weighted by molar-refractivity contribution is 5.80. The molecular formula is C15H27N3O5. The van der Waals surface area contributed by atoms with Crippen LogP contribution in [0, 0.1) is 5.41 Å². The largest absolute Gasteiger partial charge is 0.481 e. The smallest absolute Gasteiger partial charge is 0.410 e. The molecule has 1 aliphatic rings. The topological polar surface area (TPSA) is 122 Å². The summed E-state index contributed by atoms with van der Waals surface area (Å²) in [6.07, 6.45) is -0.629. The molecule has 132 valence electrons. The molecular weight excluding hydrogens is 302 g/mol. The van der Waals surface area contributed by atoms with E-state index in [9.17, 15) is 14.4 Å². The number of amides is 2. The molecule has 8 heteroatoms. The van der Waals surface area contributed by atoms with E-state index in [0.29, 0.717) is 0 Å². The van der Waals surface area contributed by atoms with E-state index in [1.54, 1.807) is 34.6 Å². The highest BCUT2D eigenvalue weighted by Gasteiger charge is 2.48. The molecule has 0 aliphatic carbocycles. The molecule has 2 amide bonds. The number of likely N-dealkylation sites (tertiary alicyclic amines) is 1. The highest BCUT2D eigenvalue weighted by Crippen LogP contribution is 2.28. The van der Waals surface area contributed by atoms with Crippen LogP contribution in [-0.4, -0.2) is 58.8 Å². The van der Waals surface area contributed by atoms with Crippen LogP contribution in [0.2, 0.25) is 0 Å². The number of nitrogens with zero attached hydrogens (tertiary/aromatic N) is 1. The number of nitrogens with two attached hydrogens (primary N) is 1. The molecule has 23 heavy (non-hydrogen) atoms. The van der Waals surface area contributed by atoms with Crippen molar-refractivity contribution >= 4 is 18.0 Å². The van der Waals surface area contributed by atoms with E-state index in [2.05, 4.69) is 5.32 Å². The average molecular weight is 329 g/mol. The second-order valence-corrected chi connectivity index (χ2v) is 7.79. The molecule has 0 aromatic carbocycles. The number of carboxylic acids is 1. The monoisotopic (exact) mass is 329 g/mol. The maximum absolute atomic E-state index is 12.0. The number of hydrogen-bond donors (Lipinski definition) is 3. The van der Waals surface area contributed by atoms with Gasteiger partial charge in [-0.1, -0.05) is 0 Å². The molecule has 0 aromatic rings. The molecule has 0 saturated carbocycles. The van der Waals surface area contributed by atoms with Gasteiger partial charge in [0.2, 0.25) is 5.91 Å². The van der Waals surface area contributed by atoms with Crippen molar-refractivity contribution in [1.82, 2.24) is 10.2 Å². The maximum atomic E-state index is 12.0. The Morgan fingerprint density at radius 3 is 2.13 bits per heavy atom. The third kappa shape index (κ3) is 5.38. The van der Waals surface area contributed by atoms with Crippen molar-refractivity contribution < 1.29 is 24.2 Å². The lowest BCUT2D eigenvalue weighted by Gasteiger charge is -2.50. The van der Waals surface area contributed by atoms with Crippen LogP contribution < -0.4 is 11.1 Å². The molecule has 0 unspecified atom stereocenters. The number of carbonyl (C=O) groups is 3. The molecule has 4 N–H and O–H groups in total. The van der Waals surface area contributed by atoms with Gasteiger partial charge in [0.1, 0.15) is 5.60 Å². The van der Waals surface area contributed by atoms with Gasteiger partial charge in [-0.05, 0) is 34.6 Å². The molecule has 0 atom stereocenters. The summed E-state index contributed by atoms with van der Waals surface area (Å²) in [5, 5.41) is 12.2. The molecule has 1 heterocycles. The fourth-order valence-corrected chi connectivity index (χ4v) is 2.21. The van der Waals surface area contributed by atoms with Crippen LogP contribution in [0.5, 0.6) is 0 Å². The molecule has 1 fully saturated rings. The zero-order valence-corrected chi connectivity index (χ0v) is 14.4. The summed E-state index contributed by atoms with van der Waals surface area (Å²) >= 11 is 0. The number of primary amides is 1. The van der Waals surface area contributed by atoms with Crippen molar-refractivity contribution in [3.05, 3.63) is 0 Å². The van der Waals surface area contributed by atoms with Crippen LogP contribution in [0.25, 0.3) is 0 Å². The normalized spacial score (nSPS) is 17.3. The predicted octanol–water partition coefficient (Wildman–Crippen LogP) is 0.552. The minimum absolute atomic E-state index is 0.152. The number of rotatable bonds is 6. The molecule has 0 aromatic heterocycles. The van der Waals surface area contributed by atoms with E-state index < -0.39 is 34.5 Å². The predicted molar refractivity (Wildman–Crippen MR) is 83.8 cm³/mol. The lowest BCUT2D eigenvalue weighted by atomic mass is 9.84. The second-order valence-electron chi connectivity index (χ2n) is 7.79. The number of aliphatic carboxylic acids is 1. The number of carbonyl (C=O) groups excluding carboxylic acids is 2. The Morgan fingerprint density at radius 2 is 1.74 bits per heavy atom. The Hall–Kier alpha value is -1.83. The van der Waals surface area contributed by atoms with Gasteiger partial charge in [0.25, 0.3) is 0 Å². The Bertz CT molecular complexity index is 490. The second kappa shape index (κ2) is 6.35. The first-order valence-corrected chi connectivity index (χ1v) is 7.51. The van der Waals surface area contributed by atoms with Gasteiger partial charge in [0.15, 0.2) is 0 Å². The van der Waals surface area contributed by atoms with E-state index in [-0.39, 0.29) is 26.1 Å². The highest BCUT2D eigenvalue weighted by atomic mass is 16.6. The van der Waals surface area contributed by atoms with Crippen LogP contribution in [0.15, 0.2) is 0 Å². The van der Waals surface area contributed by atoms with Crippen molar-refractivity contribution in [3.8, 4) is 0 Å². The van der Waals surface area contributed by atoms with Crippen LogP contribution >= 0.6 is 0 Å². The van der Waals surface area contributed by atoms with Gasteiger partial charge < -0.3 is 25.8 Å². The molecule has 8 nitrogen and oxygen atoms in total. The van der Waals surface area contributed by atoms with Crippen molar-refractivity contribution in [1.29, 1.82) is 0 Å². The van der Waals surface area contributed by atoms with Gasteiger partial charge in [-0.2, -0.15) is 0 Å². The van der Waals surface area contributed by atoms with Crippen molar-refractivity contribution in [2.24, 2.45) is 11.1 Å². The maximum Gasteiger partial charge on any atom is 0.410 e. The minimum atomic E-state index is -0.974. The molecule has 1 rings (SSSR count). The first-order valence-electron chi connectivity index (χ1n) is 7.51. The van der Waals surface area contributed by atoms with E-state index in [1.807, 2.05) is 0 Å². The van der Waals surface area contributed by atoms with Gasteiger partial charge in [-0.15, -0.1) is 0 Å². The summed E-state index contributed by atoms with van der Waals surface area (Å²) in [5.41, 5.74) is 3.14. The van der Waals surface area contributed by atoms with Crippen LogP contribution in [-0.2, 0) is 14.3 Å². The lowest BCUT2D eigenvalue weighted by molar-refractivity contribution is -0.141. The molecule has 0 radical (unpaired) electrons. The average Bonchev–Trinajstić information content (AvgIpc) is 2.28. The van der Waals surface area contributed by atoms with Crippen molar-refractivity contribution in [3.63, 3.8) is 0 Å². The SMILES string of the molecule is CC(C)(C)OC(=O)N1CC(CC(=O)O)(NCC(C)(C)C(N)=O)C1. The van der Waals surface area contributed by atoms with E-state index >= 15 is 0 Å². The quantitative estimate of drug-likeness (QED) is 0.654. The van der Waals surface area contributed by atoms with Crippen LogP contribution in [0.3, 0.4) is 0 Å². The van der Waals surface area contributed by atoms with Gasteiger partial charge in [-0.25, -0.2) is 4.79 Å². The first kappa shape index (κ1) is 19.2. The summed E-state index contributed by atoms with van der Waals surface area (Å²) in [6, 6.07) is 0. The summed E-state index contributed by atoms with van der Waals surface area (Å²) in [7, 11) is 0. The lowest BCUT2D eigenvalue weighted by Crippen LogP contribution is -2.72.